The van der Waals surface area contributed by atoms with Gasteiger partial charge in [0, 0.05) is 5.56 Å². The summed E-state index contributed by atoms with van der Waals surface area (Å²) in [5.41, 5.74) is 0.989. The number of aldehydes is 1. The second kappa shape index (κ2) is 8.38. The van der Waals surface area contributed by atoms with Crippen LogP contribution in [-0.4, -0.2) is 26.0 Å². The monoisotopic (exact) mass is 312 g/mol. The standard InChI is InChI=1S/C18H16O5/c1-21-17-12-14(13-19)8-9-16(17)22-10-5-11-23-18(20)15-6-3-2-4-7-15/h2-10,12-13H,11H2,1H3/b10-5+. The molecule has 118 valence electrons. The fourth-order valence-electron chi connectivity index (χ4n) is 1.80. The highest BCUT2D eigenvalue weighted by molar-refractivity contribution is 5.89. The molecular formula is C18H16O5. The van der Waals surface area contributed by atoms with Crippen LogP contribution < -0.4 is 9.47 Å². The topological polar surface area (TPSA) is 61.8 Å². The van der Waals surface area contributed by atoms with E-state index >= 15 is 0 Å². The molecule has 0 aromatic heterocycles. The van der Waals surface area contributed by atoms with Crippen molar-refractivity contribution in [3.63, 3.8) is 0 Å². The van der Waals surface area contributed by atoms with E-state index in [-0.39, 0.29) is 6.61 Å². The van der Waals surface area contributed by atoms with Crippen molar-refractivity contribution in [2.75, 3.05) is 13.7 Å². The Hall–Kier alpha value is -3.08. The quantitative estimate of drug-likeness (QED) is 0.446. The molecule has 0 aliphatic rings. The van der Waals surface area contributed by atoms with Crippen molar-refractivity contribution in [3.8, 4) is 11.5 Å². The molecule has 0 N–H and O–H groups in total. The zero-order chi connectivity index (χ0) is 16.5. The Morgan fingerprint density at radius 2 is 1.87 bits per heavy atom. The molecule has 23 heavy (non-hydrogen) atoms. The first-order valence-electron chi connectivity index (χ1n) is 6.91. The van der Waals surface area contributed by atoms with Crippen molar-refractivity contribution in [2.45, 2.75) is 0 Å². The number of esters is 1. The first kappa shape index (κ1) is 16.3. The maximum absolute atomic E-state index is 11.7. The van der Waals surface area contributed by atoms with Gasteiger partial charge in [0.05, 0.1) is 18.9 Å². The number of benzene rings is 2. The van der Waals surface area contributed by atoms with E-state index in [1.54, 1.807) is 48.5 Å². The highest BCUT2D eigenvalue weighted by Crippen LogP contribution is 2.27. The highest BCUT2D eigenvalue weighted by Gasteiger charge is 2.05. The first-order valence-corrected chi connectivity index (χ1v) is 6.91. The van der Waals surface area contributed by atoms with Gasteiger partial charge in [0.15, 0.2) is 11.5 Å². The number of hydrogen-bond donors (Lipinski definition) is 0. The summed E-state index contributed by atoms with van der Waals surface area (Å²) in [6.07, 6.45) is 3.69. The predicted molar refractivity (Wildman–Crippen MR) is 84.9 cm³/mol. The Kier molecular flexibility index (Phi) is 5.94. The second-order valence-electron chi connectivity index (χ2n) is 4.48. The molecule has 0 radical (unpaired) electrons. The van der Waals surface area contributed by atoms with Gasteiger partial charge in [-0.05, 0) is 36.4 Å². The average molecular weight is 312 g/mol. The molecule has 0 atom stereocenters. The number of methoxy groups -OCH3 is 1. The van der Waals surface area contributed by atoms with E-state index in [2.05, 4.69) is 0 Å². The zero-order valence-corrected chi connectivity index (χ0v) is 12.6. The van der Waals surface area contributed by atoms with Gasteiger partial charge in [-0.15, -0.1) is 0 Å². The van der Waals surface area contributed by atoms with Crippen LogP contribution in [0.5, 0.6) is 11.5 Å². The van der Waals surface area contributed by atoms with Crippen LogP contribution in [-0.2, 0) is 4.74 Å². The fourth-order valence-corrected chi connectivity index (χ4v) is 1.80. The first-order chi connectivity index (χ1) is 11.2. The molecule has 5 heteroatoms. The largest absolute Gasteiger partial charge is 0.493 e. The van der Waals surface area contributed by atoms with Crippen LogP contribution >= 0.6 is 0 Å². The summed E-state index contributed by atoms with van der Waals surface area (Å²) in [5.74, 6) is 0.507. The van der Waals surface area contributed by atoms with Crippen LogP contribution in [0.25, 0.3) is 0 Å². The minimum atomic E-state index is -0.400. The van der Waals surface area contributed by atoms with E-state index in [4.69, 9.17) is 14.2 Å². The summed E-state index contributed by atoms with van der Waals surface area (Å²) in [4.78, 5) is 22.4. The van der Waals surface area contributed by atoms with Gasteiger partial charge in [0.1, 0.15) is 12.9 Å². The predicted octanol–water partition coefficient (Wildman–Crippen LogP) is 3.26. The molecule has 2 aromatic carbocycles. The van der Waals surface area contributed by atoms with Crippen molar-refractivity contribution >= 4 is 12.3 Å². The lowest BCUT2D eigenvalue weighted by atomic mass is 10.2. The molecule has 0 fully saturated rings. The fraction of sp³-hybridized carbons (Fsp3) is 0.111. The molecule has 0 bridgehead atoms. The molecule has 0 saturated carbocycles. The van der Waals surface area contributed by atoms with Gasteiger partial charge in [-0.3, -0.25) is 4.79 Å². The van der Waals surface area contributed by atoms with Crippen molar-refractivity contribution in [3.05, 3.63) is 72.0 Å². The van der Waals surface area contributed by atoms with Gasteiger partial charge >= 0.3 is 5.97 Å². The molecule has 0 amide bonds. The molecule has 0 unspecified atom stereocenters. The molecule has 0 aliphatic heterocycles. The third-order valence-electron chi connectivity index (χ3n) is 2.94. The summed E-state index contributed by atoms with van der Waals surface area (Å²) in [5, 5.41) is 0. The van der Waals surface area contributed by atoms with E-state index in [0.29, 0.717) is 22.6 Å². The van der Waals surface area contributed by atoms with Crippen LogP contribution in [0.2, 0.25) is 0 Å². The van der Waals surface area contributed by atoms with E-state index in [1.807, 2.05) is 6.07 Å². The lowest BCUT2D eigenvalue weighted by Gasteiger charge is -2.07. The Balaban J connectivity index is 1.85. The summed E-state index contributed by atoms with van der Waals surface area (Å²) in [6, 6.07) is 13.6. The van der Waals surface area contributed by atoms with Crippen molar-refractivity contribution in [2.24, 2.45) is 0 Å². The van der Waals surface area contributed by atoms with Gasteiger partial charge in [0.25, 0.3) is 0 Å². The SMILES string of the molecule is COc1cc(C=O)ccc1O/C=C/COC(=O)c1ccccc1. The summed E-state index contributed by atoms with van der Waals surface area (Å²) in [7, 11) is 1.49. The van der Waals surface area contributed by atoms with Gasteiger partial charge in [0.2, 0.25) is 0 Å². The van der Waals surface area contributed by atoms with E-state index in [9.17, 15) is 9.59 Å². The van der Waals surface area contributed by atoms with Crippen LogP contribution in [0.1, 0.15) is 20.7 Å². The van der Waals surface area contributed by atoms with E-state index in [0.717, 1.165) is 6.29 Å². The lowest BCUT2D eigenvalue weighted by molar-refractivity contribution is 0.0548. The normalized spacial score (nSPS) is 10.3. The molecule has 0 aliphatic carbocycles. The Labute approximate surface area is 134 Å². The van der Waals surface area contributed by atoms with E-state index in [1.165, 1.54) is 13.4 Å². The number of ether oxygens (including phenoxy) is 3. The second-order valence-corrected chi connectivity index (χ2v) is 4.48. The van der Waals surface area contributed by atoms with Crippen LogP contribution in [0.3, 0.4) is 0 Å². The summed E-state index contributed by atoms with van der Waals surface area (Å²) < 4.78 is 15.6. The zero-order valence-electron chi connectivity index (χ0n) is 12.6. The minimum Gasteiger partial charge on any atom is -0.493 e. The number of rotatable bonds is 7. The Morgan fingerprint density at radius 3 is 2.57 bits per heavy atom. The third kappa shape index (κ3) is 4.71. The highest BCUT2D eigenvalue weighted by atomic mass is 16.5. The molecule has 2 aromatic rings. The van der Waals surface area contributed by atoms with Gasteiger partial charge in [-0.2, -0.15) is 0 Å². The van der Waals surface area contributed by atoms with Crippen LogP contribution in [0, 0.1) is 0 Å². The van der Waals surface area contributed by atoms with E-state index < -0.39 is 5.97 Å². The molecule has 2 rings (SSSR count). The summed E-state index contributed by atoms with van der Waals surface area (Å²) in [6.45, 7) is 0.0858. The third-order valence-corrected chi connectivity index (χ3v) is 2.94. The average Bonchev–Trinajstić information content (AvgIpc) is 2.62. The minimum absolute atomic E-state index is 0.0858. The van der Waals surface area contributed by atoms with Crippen molar-refractivity contribution < 1.29 is 23.8 Å². The number of carbonyl (C=O) groups excluding carboxylic acids is 2. The van der Waals surface area contributed by atoms with Crippen molar-refractivity contribution in [1.82, 2.24) is 0 Å². The van der Waals surface area contributed by atoms with Gasteiger partial charge in [-0.1, -0.05) is 18.2 Å². The number of hydrogen-bond acceptors (Lipinski definition) is 5. The Morgan fingerprint density at radius 1 is 1.09 bits per heavy atom. The molecule has 0 spiro atoms. The van der Waals surface area contributed by atoms with Crippen LogP contribution in [0.4, 0.5) is 0 Å². The maximum atomic E-state index is 11.7. The van der Waals surface area contributed by atoms with Gasteiger partial charge in [-0.25, -0.2) is 4.79 Å². The molecule has 5 nitrogen and oxygen atoms in total. The molecular weight excluding hydrogens is 296 g/mol. The van der Waals surface area contributed by atoms with Crippen molar-refractivity contribution in [1.29, 1.82) is 0 Å². The number of carbonyl (C=O) groups is 2. The smallest absolute Gasteiger partial charge is 0.338 e. The molecule has 0 heterocycles. The summed E-state index contributed by atoms with van der Waals surface area (Å²) >= 11 is 0. The molecule has 0 saturated heterocycles. The maximum Gasteiger partial charge on any atom is 0.338 e. The lowest BCUT2D eigenvalue weighted by Crippen LogP contribution is -2.04. The van der Waals surface area contributed by atoms with Gasteiger partial charge < -0.3 is 14.2 Å². The van der Waals surface area contributed by atoms with Crippen LogP contribution in [0.15, 0.2) is 60.9 Å². The Bertz CT molecular complexity index is 692.